The van der Waals surface area contributed by atoms with Crippen molar-refractivity contribution in [1.29, 1.82) is 0 Å². The largest absolute Gasteiger partial charge is 0.354 e. The number of carbonyl (C=O) groups excluding carboxylic acids is 1. The second-order valence-electron chi connectivity index (χ2n) is 3.13. The van der Waals surface area contributed by atoms with Crippen molar-refractivity contribution in [3.8, 4) is 0 Å². The molecule has 0 aromatic carbocycles. The lowest BCUT2D eigenvalue weighted by molar-refractivity contribution is -0.126. The van der Waals surface area contributed by atoms with Gasteiger partial charge in [0.2, 0.25) is 0 Å². The van der Waals surface area contributed by atoms with E-state index < -0.39 is 6.17 Å². The second-order valence-corrected chi connectivity index (χ2v) is 3.13. The molecule has 1 atom stereocenters. The van der Waals surface area contributed by atoms with Gasteiger partial charge in [0.25, 0.3) is 5.91 Å². The Balaban J connectivity index is 2.35. The van der Waals surface area contributed by atoms with Gasteiger partial charge in [0.15, 0.2) is 0 Å². The number of carbonyl (C=O) groups is 1. The quantitative estimate of drug-likeness (QED) is 0.492. The normalized spacial score (nSPS) is 21.1. The molecule has 0 aromatic rings. The van der Waals surface area contributed by atoms with Gasteiger partial charge in [-0.1, -0.05) is 0 Å². The first-order valence-corrected chi connectivity index (χ1v) is 4.73. The van der Waals surface area contributed by atoms with Gasteiger partial charge in [0, 0.05) is 32.7 Å². The smallest absolute Gasteiger partial charge is 0.251 e. The number of hydrogen-bond acceptors (Lipinski definition) is 4. The van der Waals surface area contributed by atoms with Gasteiger partial charge in [-0.2, -0.15) is 0 Å². The molecule has 13 heavy (non-hydrogen) atoms. The van der Waals surface area contributed by atoms with Gasteiger partial charge in [-0.15, -0.1) is 0 Å². The van der Waals surface area contributed by atoms with Crippen molar-refractivity contribution >= 4 is 5.91 Å². The van der Waals surface area contributed by atoms with Crippen LogP contribution in [0.1, 0.15) is 6.92 Å². The van der Waals surface area contributed by atoms with E-state index in [9.17, 15) is 4.79 Å². The third-order valence-electron chi connectivity index (χ3n) is 2.16. The summed E-state index contributed by atoms with van der Waals surface area (Å²) in [6, 6.07) is 0. The van der Waals surface area contributed by atoms with Crippen LogP contribution in [0.15, 0.2) is 0 Å². The molecule has 0 spiro atoms. The molecule has 1 aliphatic heterocycles. The molecule has 1 rings (SSSR count). The maximum absolute atomic E-state index is 11.3. The molecular weight excluding hydrogens is 168 g/mol. The highest BCUT2D eigenvalue weighted by molar-refractivity contribution is 5.80. The molecule has 4 N–H and O–H groups in total. The predicted molar refractivity (Wildman–Crippen MR) is 51.1 cm³/mol. The number of nitrogens with two attached hydrogens (primary N) is 1. The molecule has 0 aromatic heterocycles. The van der Waals surface area contributed by atoms with Crippen LogP contribution in [-0.2, 0) is 4.79 Å². The zero-order valence-electron chi connectivity index (χ0n) is 8.05. The summed E-state index contributed by atoms with van der Waals surface area (Å²) in [6.45, 7) is 6.04. The van der Waals surface area contributed by atoms with Crippen LogP contribution in [-0.4, -0.2) is 49.7 Å². The number of hydrogen-bond donors (Lipinski definition) is 3. The van der Waals surface area contributed by atoms with E-state index in [4.69, 9.17) is 5.73 Å². The van der Waals surface area contributed by atoms with Crippen LogP contribution < -0.4 is 16.4 Å². The summed E-state index contributed by atoms with van der Waals surface area (Å²) in [5, 5.41) is 5.93. The number of piperazine rings is 1. The van der Waals surface area contributed by atoms with Crippen LogP contribution in [0, 0.1) is 0 Å². The fourth-order valence-electron chi connectivity index (χ4n) is 1.40. The number of rotatable bonds is 3. The molecule has 0 radical (unpaired) electrons. The van der Waals surface area contributed by atoms with E-state index in [2.05, 4.69) is 10.6 Å². The van der Waals surface area contributed by atoms with Crippen molar-refractivity contribution in [3.63, 3.8) is 0 Å². The molecule has 1 aliphatic rings. The van der Waals surface area contributed by atoms with Crippen molar-refractivity contribution in [2.45, 2.75) is 13.1 Å². The average molecular weight is 186 g/mol. The molecule has 0 bridgehead atoms. The van der Waals surface area contributed by atoms with Crippen LogP contribution in [0.5, 0.6) is 0 Å². The Kier molecular flexibility index (Phi) is 4.14. The molecule has 0 aliphatic carbocycles. The molecular formula is C8H18N4O. The van der Waals surface area contributed by atoms with E-state index in [-0.39, 0.29) is 5.91 Å². The monoisotopic (exact) mass is 186 g/mol. The van der Waals surface area contributed by atoms with Crippen LogP contribution in [0.4, 0.5) is 0 Å². The predicted octanol–water partition coefficient (Wildman–Crippen LogP) is -1.69. The van der Waals surface area contributed by atoms with Gasteiger partial charge in [-0.05, 0) is 6.92 Å². The summed E-state index contributed by atoms with van der Waals surface area (Å²) in [4.78, 5) is 13.3. The summed E-state index contributed by atoms with van der Waals surface area (Å²) in [5.74, 6) is -0.0793. The zero-order valence-corrected chi connectivity index (χ0v) is 8.05. The van der Waals surface area contributed by atoms with Crippen LogP contribution in [0.2, 0.25) is 0 Å². The molecule has 1 amide bonds. The van der Waals surface area contributed by atoms with E-state index in [0.717, 1.165) is 26.2 Å². The summed E-state index contributed by atoms with van der Waals surface area (Å²) < 4.78 is 0. The Bertz CT molecular complexity index is 168. The standard InChI is InChI=1S/C8H18N4O/c1-2-11-8(13)7(9)12-5-3-10-4-6-12/h7,10H,2-6,9H2,1H3,(H,11,13). The molecule has 0 saturated carbocycles. The van der Waals surface area contributed by atoms with Gasteiger partial charge in [0.05, 0.1) is 0 Å². The maximum atomic E-state index is 11.3. The van der Waals surface area contributed by atoms with Crippen LogP contribution >= 0.6 is 0 Å². The van der Waals surface area contributed by atoms with E-state index in [0.29, 0.717) is 6.54 Å². The summed E-state index contributed by atoms with van der Waals surface area (Å²) >= 11 is 0. The van der Waals surface area contributed by atoms with Gasteiger partial charge in [0.1, 0.15) is 6.17 Å². The van der Waals surface area contributed by atoms with Gasteiger partial charge >= 0.3 is 0 Å². The molecule has 5 nitrogen and oxygen atoms in total. The van der Waals surface area contributed by atoms with Crippen molar-refractivity contribution in [3.05, 3.63) is 0 Å². The first-order chi connectivity index (χ1) is 6.25. The SMILES string of the molecule is CCNC(=O)C(N)N1CCNCC1. The second kappa shape index (κ2) is 5.16. The summed E-state index contributed by atoms with van der Waals surface area (Å²) in [7, 11) is 0. The van der Waals surface area contributed by atoms with Crippen molar-refractivity contribution in [2.75, 3.05) is 32.7 Å². The molecule has 1 saturated heterocycles. The molecule has 1 heterocycles. The van der Waals surface area contributed by atoms with E-state index in [1.165, 1.54) is 0 Å². The first kappa shape index (κ1) is 10.4. The number of likely N-dealkylation sites (N-methyl/N-ethyl adjacent to an activating group) is 1. The number of nitrogens with one attached hydrogen (secondary N) is 2. The maximum Gasteiger partial charge on any atom is 0.251 e. The minimum atomic E-state index is -0.484. The average Bonchev–Trinajstić information content (AvgIpc) is 2.18. The van der Waals surface area contributed by atoms with E-state index in [1.54, 1.807) is 0 Å². The molecule has 1 fully saturated rings. The topological polar surface area (TPSA) is 70.4 Å². The fraction of sp³-hybridized carbons (Fsp3) is 0.875. The van der Waals surface area contributed by atoms with Crippen LogP contribution in [0.25, 0.3) is 0 Å². The minimum Gasteiger partial charge on any atom is -0.354 e. The Hall–Kier alpha value is -0.650. The summed E-state index contributed by atoms with van der Waals surface area (Å²) in [5.41, 5.74) is 5.76. The Morgan fingerprint density at radius 3 is 2.77 bits per heavy atom. The Labute approximate surface area is 78.6 Å². The van der Waals surface area contributed by atoms with Crippen molar-refractivity contribution in [1.82, 2.24) is 15.5 Å². The lowest BCUT2D eigenvalue weighted by Gasteiger charge is -2.31. The third kappa shape index (κ3) is 2.95. The molecule has 1 unspecified atom stereocenters. The Morgan fingerprint density at radius 2 is 2.23 bits per heavy atom. The van der Waals surface area contributed by atoms with Gasteiger partial charge in [-0.3, -0.25) is 9.69 Å². The molecule has 76 valence electrons. The van der Waals surface area contributed by atoms with Gasteiger partial charge < -0.3 is 16.4 Å². The van der Waals surface area contributed by atoms with Crippen molar-refractivity contribution < 1.29 is 4.79 Å². The first-order valence-electron chi connectivity index (χ1n) is 4.73. The highest BCUT2D eigenvalue weighted by Gasteiger charge is 2.22. The number of nitrogens with zero attached hydrogens (tertiary/aromatic N) is 1. The minimum absolute atomic E-state index is 0.0793. The van der Waals surface area contributed by atoms with E-state index >= 15 is 0 Å². The van der Waals surface area contributed by atoms with Crippen molar-refractivity contribution in [2.24, 2.45) is 5.73 Å². The summed E-state index contributed by atoms with van der Waals surface area (Å²) in [6.07, 6.45) is -0.484. The highest BCUT2D eigenvalue weighted by Crippen LogP contribution is 1.95. The Morgan fingerprint density at radius 1 is 1.62 bits per heavy atom. The highest BCUT2D eigenvalue weighted by atomic mass is 16.2. The van der Waals surface area contributed by atoms with E-state index in [1.807, 2.05) is 11.8 Å². The molecule has 5 heteroatoms. The zero-order chi connectivity index (χ0) is 9.68. The lowest BCUT2D eigenvalue weighted by Crippen LogP contribution is -2.57. The third-order valence-corrected chi connectivity index (χ3v) is 2.16. The van der Waals surface area contributed by atoms with Crippen LogP contribution in [0.3, 0.4) is 0 Å². The number of amides is 1. The fourth-order valence-corrected chi connectivity index (χ4v) is 1.40. The van der Waals surface area contributed by atoms with Gasteiger partial charge in [-0.25, -0.2) is 0 Å². The lowest BCUT2D eigenvalue weighted by atomic mass is 10.3.